The maximum absolute atomic E-state index is 12.4. The van der Waals surface area contributed by atoms with Gasteiger partial charge in [0.05, 0.1) is 13.2 Å². The minimum atomic E-state index is -0.825. The first-order valence-electron chi connectivity index (χ1n) is 6.63. The number of carbonyl (C=O) groups excluding carboxylic acids is 1. The maximum atomic E-state index is 12.4. The first-order chi connectivity index (χ1) is 9.04. The molecule has 0 saturated carbocycles. The van der Waals surface area contributed by atoms with E-state index in [-0.39, 0.29) is 5.78 Å². The van der Waals surface area contributed by atoms with Crippen molar-refractivity contribution in [2.45, 2.75) is 32.8 Å². The molecule has 0 N–H and O–H groups in total. The largest absolute Gasteiger partial charge is 0.490 e. The third kappa shape index (κ3) is 3.07. The summed E-state index contributed by atoms with van der Waals surface area (Å²) in [5.74, 6) is 1.28. The highest BCUT2D eigenvalue weighted by molar-refractivity contribution is 6.02. The zero-order valence-electron chi connectivity index (χ0n) is 11.7. The van der Waals surface area contributed by atoms with Crippen LogP contribution in [0.5, 0.6) is 11.5 Å². The summed E-state index contributed by atoms with van der Waals surface area (Å²) in [6.07, 6.45) is 0.850. The molecule has 19 heavy (non-hydrogen) atoms. The highest BCUT2D eigenvalue weighted by Gasteiger charge is 2.29. The molecule has 0 bridgehead atoms. The molecule has 1 heterocycles. The Morgan fingerprint density at radius 2 is 1.95 bits per heavy atom. The fourth-order valence-corrected chi connectivity index (χ4v) is 2.08. The van der Waals surface area contributed by atoms with Gasteiger partial charge in [-0.05, 0) is 39.0 Å². The Balaban J connectivity index is 2.26. The van der Waals surface area contributed by atoms with Crippen molar-refractivity contribution in [1.29, 1.82) is 0 Å². The van der Waals surface area contributed by atoms with Crippen LogP contribution in [0, 0.1) is 0 Å². The van der Waals surface area contributed by atoms with E-state index < -0.39 is 5.60 Å². The molecule has 0 fully saturated rings. The van der Waals surface area contributed by atoms with Gasteiger partial charge in [-0.15, -0.1) is 0 Å². The summed E-state index contributed by atoms with van der Waals surface area (Å²) < 4.78 is 16.6. The quantitative estimate of drug-likeness (QED) is 0.784. The number of rotatable bonds is 4. The van der Waals surface area contributed by atoms with Gasteiger partial charge < -0.3 is 14.2 Å². The van der Waals surface area contributed by atoms with E-state index in [4.69, 9.17) is 14.2 Å². The monoisotopic (exact) mass is 264 g/mol. The van der Waals surface area contributed by atoms with Crippen LogP contribution in [0.25, 0.3) is 0 Å². The van der Waals surface area contributed by atoms with E-state index in [1.54, 1.807) is 32.0 Å². The predicted octanol–water partition coefficient (Wildman–Crippen LogP) is 2.85. The minimum Gasteiger partial charge on any atom is -0.490 e. The molecule has 0 aromatic heterocycles. The van der Waals surface area contributed by atoms with E-state index in [0.29, 0.717) is 36.9 Å². The van der Waals surface area contributed by atoms with Crippen molar-refractivity contribution in [3.05, 3.63) is 23.8 Å². The molecule has 1 aliphatic heterocycles. The van der Waals surface area contributed by atoms with Gasteiger partial charge in [-0.3, -0.25) is 4.79 Å². The number of hydrogen-bond donors (Lipinski definition) is 0. The van der Waals surface area contributed by atoms with Gasteiger partial charge >= 0.3 is 0 Å². The molecule has 0 saturated heterocycles. The van der Waals surface area contributed by atoms with Crippen molar-refractivity contribution in [3.8, 4) is 11.5 Å². The standard InChI is InChI=1S/C15H20O4/c1-4-19-15(2,3)14(16)11-6-7-12-13(10-11)18-9-5-8-17-12/h6-7,10H,4-5,8-9H2,1-3H3. The van der Waals surface area contributed by atoms with Gasteiger partial charge in [-0.1, -0.05) is 0 Å². The van der Waals surface area contributed by atoms with E-state index in [0.717, 1.165) is 6.42 Å². The van der Waals surface area contributed by atoms with E-state index in [2.05, 4.69) is 0 Å². The van der Waals surface area contributed by atoms with Crippen molar-refractivity contribution in [1.82, 2.24) is 0 Å². The molecule has 0 aliphatic carbocycles. The van der Waals surface area contributed by atoms with E-state index in [1.807, 2.05) is 6.92 Å². The molecule has 0 atom stereocenters. The van der Waals surface area contributed by atoms with Gasteiger partial charge in [0.1, 0.15) is 5.60 Å². The lowest BCUT2D eigenvalue weighted by Gasteiger charge is -2.23. The van der Waals surface area contributed by atoms with Crippen LogP contribution in [0.15, 0.2) is 18.2 Å². The molecule has 0 radical (unpaired) electrons. The van der Waals surface area contributed by atoms with E-state index in [1.165, 1.54) is 0 Å². The number of benzene rings is 1. The van der Waals surface area contributed by atoms with Gasteiger partial charge in [-0.2, -0.15) is 0 Å². The summed E-state index contributed by atoms with van der Waals surface area (Å²) in [6, 6.07) is 5.29. The molecule has 2 rings (SSSR count). The fraction of sp³-hybridized carbons (Fsp3) is 0.533. The van der Waals surface area contributed by atoms with Crippen LogP contribution in [0.2, 0.25) is 0 Å². The first kappa shape index (κ1) is 13.9. The van der Waals surface area contributed by atoms with Gasteiger partial charge in [-0.25, -0.2) is 0 Å². The van der Waals surface area contributed by atoms with Gasteiger partial charge in [0.15, 0.2) is 17.3 Å². The lowest BCUT2D eigenvalue weighted by atomic mass is 9.96. The predicted molar refractivity (Wildman–Crippen MR) is 72.1 cm³/mol. The molecule has 0 spiro atoms. The molecule has 4 heteroatoms. The second-order valence-electron chi connectivity index (χ2n) is 4.98. The average Bonchev–Trinajstić information content (AvgIpc) is 2.61. The summed E-state index contributed by atoms with van der Waals surface area (Å²) >= 11 is 0. The zero-order valence-corrected chi connectivity index (χ0v) is 11.7. The summed E-state index contributed by atoms with van der Waals surface area (Å²) in [6.45, 7) is 7.19. The van der Waals surface area contributed by atoms with Crippen molar-refractivity contribution in [3.63, 3.8) is 0 Å². The number of carbonyl (C=O) groups is 1. The maximum Gasteiger partial charge on any atom is 0.194 e. The molecule has 1 aromatic carbocycles. The Morgan fingerprint density at radius 1 is 1.26 bits per heavy atom. The number of hydrogen-bond acceptors (Lipinski definition) is 4. The Hall–Kier alpha value is -1.55. The summed E-state index contributed by atoms with van der Waals surface area (Å²) in [7, 11) is 0. The Bertz CT molecular complexity index is 465. The third-order valence-corrected chi connectivity index (χ3v) is 3.06. The molecule has 1 aromatic rings. The molecular formula is C15H20O4. The van der Waals surface area contributed by atoms with Crippen molar-refractivity contribution in [2.75, 3.05) is 19.8 Å². The Morgan fingerprint density at radius 3 is 2.63 bits per heavy atom. The van der Waals surface area contributed by atoms with Crippen LogP contribution < -0.4 is 9.47 Å². The highest BCUT2D eigenvalue weighted by atomic mass is 16.5. The van der Waals surface area contributed by atoms with Crippen LogP contribution in [-0.2, 0) is 4.74 Å². The van der Waals surface area contributed by atoms with E-state index in [9.17, 15) is 4.79 Å². The Labute approximate surface area is 113 Å². The molecule has 0 amide bonds. The topological polar surface area (TPSA) is 44.8 Å². The SMILES string of the molecule is CCOC(C)(C)C(=O)c1ccc2c(c1)OCCCO2. The van der Waals surface area contributed by atoms with Gasteiger partial charge in [0.2, 0.25) is 0 Å². The van der Waals surface area contributed by atoms with Crippen LogP contribution in [0.4, 0.5) is 0 Å². The zero-order chi connectivity index (χ0) is 13.9. The molecule has 0 unspecified atom stereocenters. The Kier molecular flexibility index (Phi) is 4.10. The normalized spacial score (nSPS) is 14.9. The van der Waals surface area contributed by atoms with Crippen LogP contribution in [0.3, 0.4) is 0 Å². The van der Waals surface area contributed by atoms with Crippen molar-refractivity contribution >= 4 is 5.78 Å². The van der Waals surface area contributed by atoms with Crippen LogP contribution >= 0.6 is 0 Å². The number of ketones is 1. The highest BCUT2D eigenvalue weighted by Crippen LogP contribution is 2.31. The molecular weight excluding hydrogens is 244 g/mol. The summed E-state index contributed by atoms with van der Waals surface area (Å²) in [5, 5.41) is 0. The van der Waals surface area contributed by atoms with Crippen molar-refractivity contribution < 1.29 is 19.0 Å². The van der Waals surface area contributed by atoms with Crippen molar-refractivity contribution in [2.24, 2.45) is 0 Å². The fourth-order valence-electron chi connectivity index (χ4n) is 2.08. The minimum absolute atomic E-state index is 0.0509. The lowest BCUT2D eigenvalue weighted by Crippen LogP contribution is -2.35. The molecule has 104 valence electrons. The number of fused-ring (bicyclic) bond motifs is 1. The third-order valence-electron chi connectivity index (χ3n) is 3.06. The summed E-state index contributed by atoms with van der Waals surface area (Å²) in [4.78, 5) is 12.4. The van der Waals surface area contributed by atoms with Gasteiger partial charge in [0, 0.05) is 18.6 Å². The second-order valence-corrected chi connectivity index (χ2v) is 4.98. The first-order valence-corrected chi connectivity index (χ1v) is 6.63. The number of ether oxygens (including phenoxy) is 3. The second kappa shape index (κ2) is 5.61. The number of Topliss-reactive ketones (excluding diaryl/α,β-unsaturated/α-hetero) is 1. The molecule has 1 aliphatic rings. The van der Waals surface area contributed by atoms with Gasteiger partial charge in [0.25, 0.3) is 0 Å². The summed E-state index contributed by atoms with van der Waals surface area (Å²) in [5.41, 5.74) is -0.239. The van der Waals surface area contributed by atoms with Crippen LogP contribution in [0.1, 0.15) is 37.6 Å². The van der Waals surface area contributed by atoms with Crippen LogP contribution in [-0.4, -0.2) is 31.2 Å². The van der Waals surface area contributed by atoms with E-state index >= 15 is 0 Å². The average molecular weight is 264 g/mol. The lowest BCUT2D eigenvalue weighted by molar-refractivity contribution is 0.00124. The smallest absolute Gasteiger partial charge is 0.194 e. The molecule has 4 nitrogen and oxygen atoms in total.